The van der Waals surface area contributed by atoms with Crippen molar-refractivity contribution in [2.45, 2.75) is 53.0 Å². The summed E-state index contributed by atoms with van der Waals surface area (Å²) in [6.07, 6.45) is 0. The number of ether oxygens (including phenoxy) is 1. The molecule has 0 radical (unpaired) electrons. The van der Waals surface area contributed by atoms with Gasteiger partial charge in [0.05, 0.1) is 12.6 Å². The zero-order valence-electron chi connectivity index (χ0n) is 17.6. The Morgan fingerprint density at radius 3 is 2.25 bits per heavy atom. The Morgan fingerprint density at radius 2 is 1.68 bits per heavy atom. The van der Waals surface area contributed by atoms with E-state index >= 15 is 0 Å². The molecular formula is C23H30N2O3. The summed E-state index contributed by atoms with van der Waals surface area (Å²) in [7, 11) is 0. The van der Waals surface area contributed by atoms with E-state index in [2.05, 4.69) is 31.4 Å². The van der Waals surface area contributed by atoms with E-state index in [4.69, 9.17) is 4.74 Å². The van der Waals surface area contributed by atoms with E-state index < -0.39 is 11.8 Å². The second-order valence-electron chi connectivity index (χ2n) is 7.95. The van der Waals surface area contributed by atoms with Gasteiger partial charge in [-0.05, 0) is 49.9 Å². The van der Waals surface area contributed by atoms with Crippen molar-refractivity contribution in [2.75, 3.05) is 11.9 Å². The number of nitrogens with one attached hydrogen (secondary N) is 2. The molecule has 1 unspecified atom stereocenters. The fraction of sp³-hybridized carbons (Fsp3) is 0.391. The quantitative estimate of drug-likeness (QED) is 0.748. The van der Waals surface area contributed by atoms with Gasteiger partial charge in [0.1, 0.15) is 5.75 Å². The van der Waals surface area contributed by atoms with E-state index in [-0.39, 0.29) is 11.5 Å². The third-order valence-corrected chi connectivity index (χ3v) is 4.49. The maximum absolute atomic E-state index is 12.3. The molecule has 2 N–H and O–H groups in total. The van der Waals surface area contributed by atoms with Crippen LogP contribution in [0.5, 0.6) is 5.75 Å². The van der Waals surface area contributed by atoms with Crippen molar-refractivity contribution < 1.29 is 14.3 Å². The average Bonchev–Trinajstić information content (AvgIpc) is 2.63. The van der Waals surface area contributed by atoms with E-state index in [9.17, 15) is 9.59 Å². The van der Waals surface area contributed by atoms with Crippen molar-refractivity contribution in [1.29, 1.82) is 0 Å². The maximum Gasteiger partial charge on any atom is 0.313 e. The molecule has 2 aromatic carbocycles. The highest BCUT2D eigenvalue weighted by Gasteiger charge is 2.20. The SMILES string of the molecule is CCOc1ccc(C)cc1C(C)NC(=O)C(=O)Nc1ccc(C(C)(C)C)cc1. The number of rotatable bonds is 5. The molecule has 2 aromatic rings. The summed E-state index contributed by atoms with van der Waals surface area (Å²) in [4.78, 5) is 24.6. The average molecular weight is 383 g/mol. The van der Waals surface area contributed by atoms with Gasteiger partial charge in [0, 0.05) is 11.3 Å². The molecule has 28 heavy (non-hydrogen) atoms. The van der Waals surface area contributed by atoms with Gasteiger partial charge >= 0.3 is 11.8 Å². The third kappa shape index (κ3) is 5.59. The zero-order chi connectivity index (χ0) is 20.9. The normalized spacial score (nSPS) is 12.2. The number of hydrogen-bond donors (Lipinski definition) is 2. The van der Waals surface area contributed by atoms with Crippen molar-refractivity contribution in [3.05, 3.63) is 59.2 Å². The number of carbonyl (C=O) groups excluding carboxylic acids is 2. The molecule has 0 aliphatic heterocycles. The van der Waals surface area contributed by atoms with Crippen LogP contribution in [0.15, 0.2) is 42.5 Å². The van der Waals surface area contributed by atoms with Crippen LogP contribution < -0.4 is 15.4 Å². The Bertz CT molecular complexity index is 836. The lowest BCUT2D eigenvalue weighted by Gasteiger charge is -2.20. The smallest absolute Gasteiger partial charge is 0.313 e. The molecule has 2 amide bonds. The monoisotopic (exact) mass is 382 g/mol. The van der Waals surface area contributed by atoms with Crippen molar-refractivity contribution in [3.8, 4) is 5.75 Å². The molecule has 0 bridgehead atoms. The fourth-order valence-electron chi connectivity index (χ4n) is 2.87. The first kappa shape index (κ1) is 21.5. The van der Waals surface area contributed by atoms with Crippen LogP contribution in [0.3, 0.4) is 0 Å². The van der Waals surface area contributed by atoms with Crippen LogP contribution in [0.1, 0.15) is 57.4 Å². The molecule has 1 atom stereocenters. The van der Waals surface area contributed by atoms with Gasteiger partial charge in [0.25, 0.3) is 0 Å². The Labute approximate surface area is 167 Å². The lowest BCUT2D eigenvalue weighted by molar-refractivity contribution is -0.136. The van der Waals surface area contributed by atoms with Gasteiger partial charge in [-0.2, -0.15) is 0 Å². The summed E-state index contributed by atoms with van der Waals surface area (Å²) < 4.78 is 5.64. The predicted molar refractivity (Wildman–Crippen MR) is 113 cm³/mol. The molecule has 0 aliphatic rings. The summed E-state index contributed by atoms with van der Waals surface area (Å²) in [5.74, 6) is -0.670. The first-order chi connectivity index (χ1) is 13.1. The molecule has 0 fully saturated rings. The van der Waals surface area contributed by atoms with E-state index in [1.807, 2.05) is 63.2 Å². The molecule has 150 valence electrons. The number of hydrogen-bond acceptors (Lipinski definition) is 3. The number of anilines is 1. The van der Waals surface area contributed by atoms with Gasteiger partial charge in [-0.15, -0.1) is 0 Å². The Balaban J connectivity index is 2.04. The molecule has 0 saturated heterocycles. The molecule has 0 aromatic heterocycles. The van der Waals surface area contributed by atoms with E-state index in [1.165, 1.54) is 0 Å². The van der Waals surface area contributed by atoms with E-state index in [0.717, 1.165) is 16.7 Å². The highest BCUT2D eigenvalue weighted by Crippen LogP contribution is 2.27. The molecular weight excluding hydrogens is 352 g/mol. The number of amides is 2. The number of benzene rings is 2. The summed E-state index contributed by atoms with van der Waals surface area (Å²) in [6.45, 7) is 12.6. The standard InChI is InChI=1S/C23H30N2O3/c1-7-28-20-13-8-15(2)14-19(20)16(3)24-21(26)22(27)25-18-11-9-17(10-12-18)23(4,5)6/h8-14,16H,7H2,1-6H3,(H,24,26)(H,25,27). The van der Waals surface area contributed by atoms with Gasteiger partial charge in [-0.1, -0.05) is 50.6 Å². The first-order valence-electron chi connectivity index (χ1n) is 9.57. The van der Waals surface area contributed by atoms with E-state index in [1.54, 1.807) is 0 Å². The number of carbonyl (C=O) groups is 2. The van der Waals surface area contributed by atoms with Gasteiger partial charge in [-0.3, -0.25) is 9.59 Å². The largest absolute Gasteiger partial charge is 0.494 e. The molecule has 0 aliphatic carbocycles. The third-order valence-electron chi connectivity index (χ3n) is 4.49. The van der Waals surface area contributed by atoms with Crippen molar-refractivity contribution >= 4 is 17.5 Å². The van der Waals surface area contributed by atoms with Crippen molar-refractivity contribution in [2.24, 2.45) is 0 Å². The molecule has 0 saturated carbocycles. The Morgan fingerprint density at radius 1 is 1.04 bits per heavy atom. The van der Waals surface area contributed by atoms with Gasteiger partial charge < -0.3 is 15.4 Å². The van der Waals surface area contributed by atoms with Crippen molar-refractivity contribution in [1.82, 2.24) is 5.32 Å². The highest BCUT2D eigenvalue weighted by molar-refractivity contribution is 6.39. The predicted octanol–water partition coefficient (Wildman–Crippen LogP) is 4.51. The second-order valence-corrected chi connectivity index (χ2v) is 7.95. The van der Waals surface area contributed by atoms with Crippen LogP contribution in [0.4, 0.5) is 5.69 Å². The minimum atomic E-state index is -0.694. The minimum Gasteiger partial charge on any atom is -0.494 e. The minimum absolute atomic E-state index is 0.0292. The maximum atomic E-state index is 12.3. The Hall–Kier alpha value is -2.82. The Kier molecular flexibility index (Phi) is 6.84. The highest BCUT2D eigenvalue weighted by atomic mass is 16.5. The van der Waals surface area contributed by atoms with Crippen LogP contribution in [0.2, 0.25) is 0 Å². The molecule has 5 nitrogen and oxygen atoms in total. The lowest BCUT2D eigenvalue weighted by Crippen LogP contribution is -2.37. The summed E-state index contributed by atoms with van der Waals surface area (Å²) >= 11 is 0. The zero-order valence-corrected chi connectivity index (χ0v) is 17.6. The van der Waals surface area contributed by atoms with Crippen LogP contribution >= 0.6 is 0 Å². The lowest BCUT2D eigenvalue weighted by atomic mass is 9.87. The van der Waals surface area contributed by atoms with Crippen LogP contribution in [0, 0.1) is 6.92 Å². The summed E-state index contributed by atoms with van der Waals surface area (Å²) in [5.41, 5.74) is 3.68. The second kappa shape index (κ2) is 8.91. The molecule has 5 heteroatoms. The van der Waals surface area contributed by atoms with E-state index in [0.29, 0.717) is 18.0 Å². The fourth-order valence-corrected chi connectivity index (χ4v) is 2.87. The summed E-state index contributed by atoms with van der Waals surface area (Å²) in [6, 6.07) is 13.0. The number of aryl methyl sites for hydroxylation is 1. The van der Waals surface area contributed by atoms with Crippen LogP contribution in [-0.2, 0) is 15.0 Å². The first-order valence-corrected chi connectivity index (χ1v) is 9.57. The topological polar surface area (TPSA) is 67.4 Å². The van der Waals surface area contributed by atoms with Crippen LogP contribution in [0.25, 0.3) is 0 Å². The van der Waals surface area contributed by atoms with Crippen molar-refractivity contribution in [3.63, 3.8) is 0 Å². The molecule has 0 heterocycles. The van der Waals surface area contributed by atoms with Gasteiger partial charge in [0.2, 0.25) is 0 Å². The van der Waals surface area contributed by atoms with Crippen LogP contribution in [-0.4, -0.2) is 18.4 Å². The molecule has 0 spiro atoms. The summed E-state index contributed by atoms with van der Waals surface area (Å²) in [5, 5.41) is 5.39. The van der Waals surface area contributed by atoms with Gasteiger partial charge in [0.15, 0.2) is 0 Å². The van der Waals surface area contributed by atoms with Gasteiger partial charge in [-0.25, -0.2) is 0 Å². The molecule has 2 rings (SSSR count).